The van der Waals surface area contributed by atoms with Gasteiger partial charge < -0.3 is 23.9 Å². The smallest absolute Gasteiger partial charge is 0.417 e. The minimum Gasteiger partial charge on any atom is -0.490 e. The van der Waals surface area contributed by atoms with Gasteiger partial charge in [0.2, 0.25) is 0 Å². The van der Waals surface area contributed by atoms with Crippen molar-refractivity contribution in [3.05, 3.63) is 75.5 Å². The summed E-state index contributed by atoms with van der Waals surface area (Å²) in [4.78, 5) is 38.1. The van der Waals surface area contributed by atoms with Crippen molar-refractivity contribution >= 4 is 12.0 Å². The summed E-state index contributed by atoms with van der Waals surface area (Å²) < 4.78 is 33.1. The van der Waals surface area contributed by atoms with Gasteiger partial charge in [0.25, 0.3) is 11.5 Å². The third kappa shape index (κ3) is 5.90. The Balaban J connectivity index is 1.51. The molecule has 1 aliphatic heterocycles. The van der Waals surface area contributed by atoms with E-state index in [9.17, 15) is 23.9 Å². The standard InChI is InChI=1S/C32H35FN2O7/c1-18-12-21(33)13-19(2)30(18)42-26-11-6-20(32(3,4)39)14-24(26)25-16-34(5)28(36)15-27(25)41-23-9-7-22(8-10-23)35-29(37)17-40-31(35)38/h6,11-16,22-23,39H,7-10,17H2,1-5H3. The van der Waals surface area contributed by atoms with Crippen LogP contribution in [0.5, 0.6) is 17.2 Å². The molecule has 0 bridgehead atoms. The lowest BCUT2D eigenvalue weighted by atomic mass is 9.91. The van der Waals surface area contributed by atoms with Gasteiger partial charge in [-0.15, -0.1) is 0 Å². The molecule has 1 aromatic heterocycles. The number of hydrogen-bond donors (Lipinski definition) is 1. The van der Waals surface area contributed by atoms with Gasteiger partial charge >= 0.3 is 6.09 Å². The number of pyridine rings is 1. The second-order valence-electron chi connectivity index (χ2n) is 11.6. The minimum atomic E-state index is -1.16. The van der Waals surface area contributed by atoms with E-state index >= 15 is 0 Å². The van der Waals surface area contributed by atoms with Crippen LogP contribution < -0.4 is 15.0 Å². The van der Waals surface area contributed by atoms with Crippen LogP contribution >= 0.6 is 0 Å². The normalized spacial score (nSPS) is 19.2. The predicted octanol–water partition coefficient (Wildman–Crippen LogP) is 5.50. The lowest BCUT2D eigenvalue weighted by Gasteiger charge is -2.32. The van der Waals surface area contributed by atoms with Crippen LogP contribution in [-0.4, -0.2) is 45.3 Å². The second kappa shape index (κ2) is 11.2. The molecule has 3 aromatic rings. The molecule has 2 fully saturated rings. The fourth-order valence-electron chi connectivity index (χ4n) is 5.61. The fourth-order valence-corrected chi connectivity index (χ4v) is 5.61. The summed E-state index contributed by atoms with van der Waals surface area (Å²) >= 11 is 0. The molecular weight excluding hydrogens is 543 g/mol. The average Bonchev–Trinajstić information content (AvgIpc) is 3.25. The molecule has 1 saturated heterocycles. The van der Waals surface area contributed by atoms with Crippen LogP contribution in [0.25, 0.3) is 11.1 Å². The third-order valence-electron chi connectivity index (χ3n) is 7.89. The summed E-state index contributed by atoms with van der Waals surface area (Å²) in [5, 5.41) is 10.8. The Hall–Kier alpha value is -4.18. The highest BCUT2D eigenvalue weighted by molar-refractivity contribution is 5.98. The molecule has 2 heterocycles. The first-order valence-electron chi connectivity index (χ1n) is 14.0. The zero-order valence-corrected chi connectivity index (χ0v) is 24.4. The van der Waals surface area contributed by atoms with Crippen molar-refractivity contribution in [3.63, 3.8) is 0 Å². The summed E-state index contributed by atoms with van der Waals surface area (Å²) in [6.07, 6.45) is 3.04. The molecule has 0 atom stereocenters. The summed E-state index contributed by atoms with van der Waals surface area (Å²) in [6, 6.07) is 9.30. The second-order valence-corrected chi connectivity index (χ2v) is 11.6. The lowest BCUT2D eigenvalue weighted by Crippen LogP contribution is -2.43. The lowest BCUT2D eigenvalue weighted by molar-refractivity contribution is -0.128. The van der Waals surface area contributed by atoms with Gasteiger partial charge in [-0.25, -0.2) is 14.1 Å². The summed E-state index contributed by atoms with van der Waals surface area (Å²) in [5.74, 6) is 0.616. The molecule has 0 spiro atoms. The van der Waals surface area contributed by atoms with Crippen LogP contribution in [0.4, 0.5) is 9.18 Å². The van der Waals surface area contributed by atoms with E-state index in [0.717, 1.165) is 0 Å². The maximum Gasteiger partial charge on any atom is 0.417 e. The van der Waals surface area contributed by atoms with Crippen LogP contribution in [0, 0.1) is 19.7 Å². The van der Waals surface area contributed by atoms with Crippen molar-refractivity contribution < 1.29 is 33.3 Å². The van der Waals surface area contributed by atoms with Crippen molar-refractivity contribution in [2.45, 2.75) is 71.1 Å². The van der Waals surface area contributed by atoms with Crippen LogP contribution in [0.15, 0.2) is 47.4 Å². The Bertz CT molecular complexity index is 1560. The predicted molar refractivity (Wildman–Crippen MR) is 153 cm³/mol. The number of aryl methyl sites for hydroxylation is 3. The van der Waals surface area contributed by atoms with Crippen LogP contribution in [0.3, 0.4) is 0 Å². The molecule has 2 aromatic carbocycles. The summed E-state index contributed by atoms with van der Waals surface area (Å²) in [6.45, 7) is 6.67. The van der Waals surface area contributed by atoms with Crippen LogP contribution in [-0.2, 0) is 22.2 Å². The molecule has 5 rings (SSSR count). The molecule has 222 valence electrons. The monoisotopic (exact) mass is 578 g/mol. The first-order chi connectivity index (χ1) is 19.8. The van der Waals surface area contributed by atoms with Gasteiger partial charge in [-0.05, 0) is 94.3 Å². The Morgan fingerprint density at radius 2 is 1.62 bits per heavy atom. The Morgan fingerprint density at radius 1 is 0.952 bits per heavy atom. The maximum atomic E-state index is 14.0. The number of carbonyl (C=O) groups excluding carboxylic acids is 2. The Labute approximate surface area is 243 Å². The number of cyclic esters (lactones) is 1. The molecule has 0 unspecified atom stereocenters. The van der Waals surface area contributed by atoms with E-state index in [1.54, 1.807) is 59.1 Å². The maximum absolute atomic E-state index is 14.0. The van der Waals surface area contributed by atoms with Gasteiger partial charge in [0.05, 0.1) is 11.7 Å². The van der Waals surface area contributed by atoms with Crippen LogP contribution in [0.2, 0.25) is 0 Å². The molecule has 1 N–H and O–H groups in total. The number of amides is 2. The number of rotatable bonds is 7. The minimum absolute atomic E-state index is 0.225. The van der Waals surface area contributed by atoms with Crippen molar-refractivity contribution in [2.24, 2.45) is 7.05 Å². The SMILES string of the molecule is Cc1cc(F)cc(C)c1Oc1ccc(C(C)(C)O)cc1-c1cn(C)c(=O)cc1OC1CCC(N2C(=O)COC2=O)CC1. The third-order valence-corrected chi connectivity index (χ3v) is 7.89. The number of nitrogens with zero attached hydrogens (tertiary/aromatic N) is 2. The van der Waals surface area contributed by atoms with Gasteiger partial charge in [-0.3, -0.25) is 9.59 Å². The van der Waals surface area contributed by atoms with E-state index < -0.39 is 11.7 Å². The number of aliphatic hydroxyl groups is 1. The van der Waals surface area contributed by atoms with Gasteiger partial charge in [0, 0.05) is 36.5 Å². The molecule has 1 aliphatic carbocycles. The van der Waals surface area contributed by atoms with E-state index in [0.29, 0.717) is 70.7 Å². The van der Waals surface area contributed by atoms with Gasteiger partial charge in [0.1, 0.15) is 23.1 Å². The molecular formula is C32H35FN2O7. The highest BCUT2D eigenvalue weighted by Gasteiger charge is 2.39. The summed E-state index contributed by atoms with van der Waals surface area (Å²) in [7, 11) is 1.64. The van der Waals surface area contributed by atoms with E-state index in [-0.39, 0.29) is 36.0 Å². The van der Waals surface area contributed by atoms with E-state index in [4.69, 9.17) is 14.2 Å². The number of benzene rings is 2. The zero-order valence-electron chi connectivity index (χ0n) is 24.4. The number of aromatic nitrogens is 1. The fraction of sp³-hybridized carbons (Fsp3) is 0.406. The molecule has 0 radical (unpaired) electrons. The van der Waals surface area contributed by atoms with Crippen molar-refractivity contribution in [3.8, 4) is 28.4 Å². The molecule has 9 nitrogen and oxygen atoms in total. The number of hydrogen-bond acceptors (Lipinski definition) is 7. The van der Waals surface area contributed by atoms with Gasteiger partial charge in [-0.1, -0.05) is 6.07 Å². The molecule has 2 amide bonds. The zero-order chi connectivity index (χ0) is 30.3. The topological polar surface area (TPSA) is 107 Å². The van der Waals surface area contributed by atoms with E-state index in [1.807, 2.05) is 0 Å². The first kappa shape index (κ1) is 29.3. The first-order valence-corrected chi connectivity index (χ1v) is 14.0. The van der Waals surface area contributed by atoms with Gasteiger partial charge in [0.15, 0.2) is 6.61 Å². The van der Waals surface area contributed by atoms with E-state index in [1.165, 1.54) is 27.7 Å². The number of imide groups is 1. The average molecular weight is 579 g/mol. The number of carbonyl (C=O) groups is 2. The van der Waals surface area contributed by atoms with Crippen LogP contribution in [0.1, 0.15) is 56.2 Å². The number of ether oxygens (including phenoxy) is 3. The highest BCUT2D eigenvalue weighted by Crippen LogP contribution is 2.42. The quantitative estimate of drug-likeness (QED) is 0.395. The molecule has 1 saturated carbocycles. The molecule has 42 heavy (non-hydrogen) atoms. The number of halogens is 1. The highest BCUT2D eigenvalue weighted by atomic mass is 19.1. The van der Waals surface area contributed by atoms with Crippen molar-refractivity contribution in [2.75, 3.05) is 6.61 Å². The summed E-state index contributed by atoms with van der Waals surface area (Å²) in [5.41, 5.74) is 1.61. The molecule has 10 heteroatoms. The molecule has 2 aliphatic rings. The van der Waals surface area contributed by atoms with Gasteiger partial charge in [-0.2, -0.15) is 0 Å². The Morgan fingerprint density at radius 3 is 2.21 bits per heavy atom. The van der Waals surface area contributed by atoms with Crippen molar-refractivity contribution in [1.29, 1.82) is 0 Å². The largest absolute Gasteiger partial charge is 0.490 e. The van der Waals surface area contributed by atoms with E-state index in [2.05, 4.69) is 0 Å². The van der Waals surface area contributed by atoms with Crippen molar-refractivity contribution in [1.82, 2.24) is 9.47 Å². The Kier molecular flexibility index (Phi) is 7.85.